The molecule has 6 nitrogen and oxygen atoms in total. The van der Waals surface area contributed by atoms with Crippen molar-refractivity contribution < 1.29 is 14.1 Å². The number of anilines is 1. The number of hydrogen-bond acceptors (Lipinski definition) is 5. The molecule has 1 saturated heterocycles. The van der Waals surface area contributed by atoms with Gasteiger partial charge in [0.05, 0.1) is 7.11 Å². The lowest BCUT2D eigenvalue weighted by atomic mass is 10.0. The van der Waals surface area contributed by atoms with Gasteiger partial charge in [0.2, 0.25) is 5.91 Å². The summed E-state index contributed by atoms with van der Waals surface area (Å²) in [6.07, 6.45) is 2.74. The Morgan fingerprint density at radius 1 is 1.03 bits per heavy atom. The van der Waals surface area contributed by atoms with Crippen molar-refractivity contribution in [3.05, 3.63) is 66.4 Å². The molecule has 29 heavy (non-hydrogen) atoms. The van der Waals surface area contributed by atoms with Gasteiger partial charge in [0.1, 0.15) is 17.7 Å². The first-order chi connectivity index (χ1) is 14.2. The van der Waals surface area contributed by atoms with Gasteiger partial charge in [0.25, 0.3) is 0 Å². The van der Waals surface area contributed by atoms with Crippen molar-refractivity contribution in [3.63, 3.8) is 0 Å². The molecular formula is C23H25N3O3. The number of benzene rings is 2. The van der Waals surface area contributed by atoms with E-state index in [4.69, 9.17) is 9.26 Å². The molecule has 0 radical (unpaired) electrons. The number of aromatic nitrogens is 1. The van der Waals surface area contributed by atoms with Crippen LogP contribution in [0.2, 0.25) is 0 Å². The summed E-state index contributed by atoms with van der Waals surface area (Å²) in [6.45, 7) is 3.14. The number of amides is 1. The summed E-state index contributed by atoms with van der Waals surface area (Å²) in [5.41, 5.74) is 3.97. The molecule has 0 saturated carbocycles. The molecule has 1 aromatic heterocycles. The fraction of sp³-hybridized carbons (Fsp3) is 0.304. The normalized spacial score (nSPS) is 14.1. The number of piperazine rings is 1. The maximum absolute atomic E-state index is 12.7. The molecule has 3 aromatic rings. The van der Waals surface area contributed by atoms with Crippen LogP contribution in [0.25, 0.3) is 11.3 Å². The number of methoxy groups -OCH3 is 1. The van der Waals surface area contributed by atoms with Crippen molar-refractivity contribution >= 4 is 11.6 Å². The van der Waals surface area contributed by atoms with Crippen molar-refractivity contribution in [2.24, 2.45) is 0 Å². The highest BCUT2D eigenvalue weighted by Gasteiger charge is 2.22. The molecule has 1 amide bonds. The summed E-state index contributed by atoms with van der Waals surface area (Å²) >= 11 is 0. The van der Waals surface area contributed by atoms with Gasteiger partial charge in [-0.1, -0.05) is 35.5 Å². The van der Waals surface area contributed by atoms with Gasteiger partial charge in [-0.05, 0) is 30.7 Å². The molecule has 4 rings (SSSR count). The maximum Gasteiger partial charge on any atom is 0.223 e. The van der Waals surface area contributed by atoms with Crippen molar-refractivity contribution in [3.8, 4) is 17.0 Å². The van der Waals surface area contributed by atoms with E-state index >= 15 is 0 Å². The van der Waals surface area contributed by atoms with E-state index in [1.165, 1.54) is 0 Å². The van der Waals surface area contributed by atoms with Crippen LogP contribution in [0.4, 0.5) is 5.69 Å². The quantitative estimate of drug-likeness (QED) is 0.642. The Morgan fingerprint density at radius 3 is 2.45 bits per heavy atom. The lowest BCUT2D eigenvalue weighted by molar-refractivity contribution is -0.131. The molecule has 2 heterocycles. The number of carbonyl (C=O) groups is 1. The number of nitrogens with zero attached hydrogens (tertiary/aromatic N) is 3. The van der Waals surface area contributed by atoms with E-state index < -0.39 is 0 Å². The maximum atomic E-state index is 12.7. The molecule has 150 valence electrons. The fourth-order valence-electron chi connectivity index (χ4n) is 3.68. The summed E-state index contributed by atoms with van der Waals surface area (Å²) in [7, 11) is 1.67. The van der Waals surface area contributed by atoms with E-state index in [0.717, 1.165) is 54.4 Å². The minimum Gasteiger partial charge on any atom is -0.497 e. The molecule has 0 aliphatic carbocycles. The lowest BCUT2D eigenvalue weighted by Crippen LogP contribution is -2.48. The van der Waals surface area contributed by atoms with Gasteiger partial charge in [-0.25, -0.2) is 0 Å². The monoisotopic (exact) mass is 391 g/mol. The van der Waals surface area contributed by atoms with Crippen molar-refractivity contribution in [2.75, 3.05) is 38.2 Å². The zero-order valence-corrected chi connectivity index (χ0v) is 16.6. The Balaban J connectivity index is 1.30. The third kappa shape index (κ3) is 4.42. The molecule has 1 aliphatic heterocycles. The Kier molecular flexibility index (Phi) is 5.79. The highest BCUT2D eigenvalue weighted by Crippen LogP contribution is 2.24. The molecular weight excluding hydrogens is 366 g/mol. The Morgan fingerprint density at radius 2 is 1.76 bits per heavy atom. The summed E-state index contributed by atoms with van der Waals surface area (Å²) in [5, 5.41) is 4.12. The highest BCUT2D eigenvalue weighted by atomic mass is 16.5. The second kappa shape index (κ2) is 8.82. The Hall–Kier alpha value is -3.28. The van der Waals surface area contributed by atoms with Crippen LogP contribution in [0.3, 0.4) is 0 Å². The van der Waals surface area contributed by atoms with Crippen molar-refractivity contribution in [1.82, 2.24) is 10.1 Å². The standard InChI is InChI=1S/C23H25N3O3/c1-28-21-10-8-20(9-11-21)25-13-15-26(16-14-25)22(27)12-7-19-17-29-24-23(19)18-5-3-2-4-6-18/h2-6,8-11,17H,7,12-16H2,1H3. The van der Waals surface area contributed by atoms with Crippen LogP contribution in [-0.2, 0) is 11.2 Å². The average molecular weight is 391 g/mol. The third-order valence-corrected chi connectivity index (χ3v) is 5.37. The summed E-state index contributed by atoms with van der Waals surface area (Å²) in [6, 6.07) is 18.0. The largest absolute Gasteiger partial charge is 0.497 e. The zero-order valence-electron chi connectivity index (χ0n) is 16.6. The topological polar surface area (TPSA) is 58.8 Å². The number of rotatable bonds is 6. The second-order valence-electron chi connectivity index (χ2n) is 7.12. The summed E-state index contributed by atoms with van der Waals surface area (Å²) < 4.78 is 10.4. The van der Waals surface area contributed by atoms with Crippen molar-refractivity contribution in [1.29, 1.82) is 0 Å². The molecule has 0 bridgehead atoms. The van der Waals surface area contributed by atoms with Gasteiger partial charge in [-0.3, -0.25) is 4.79 Å². The van der Waals surface area contributed by atoms with Gasteiger partial charge >= 0.3 is 0 Å². The van der Waals surface area contributed by atoms with E-state index in [0.29, 0.717) is 12.8 Å². The molecule has 0 unspecified atom stereocenters. The number of aryl methyl sites for hydroxylation is 1. The van der Waals surface area contributed by atoms with Crippen molar-refractivity contribution in [2.45, 2.75) is 12.8 Å². The van der Waals surface area contributed by atoms with Gasteiger partial charge in [0, 0.05) is 49.4 Å². The number of hydrogen-bond donors (Lipinski definition) is 0. The molecule has 1 aliphatic rings. The number of carbonyl (C=O) groups excluding carboxylic acids is 1. The molecule has 0 spiro atoms. The summed E-state index contributed by atoms with van der Waals surface area (Å²) in [5.74, 6) is 1.03. The van der Waals surface area contributed by atoms with Crippen LogP contribution in [-0.4, -0.2) is 49.3 Å². The Labute approximate surface area is 170 Å². The van der Waals surface area contributed by atoms with Crippen LogP contribution in [0.5, 0.6) is 5.75 Å². The van der Waals surface area contributed by atoms with Crippen LogP contribution < -0.4 is 9.64 Å². The Bertz CT molecular complexity index is 930. The molecule has 0 atom stereocenters. The molecule has 1 fully saturated rings. The van der Waals surface area contributed by atoms with Gasteiger partial charge in [-0.2, -0.15) is 0 Å². The smallest absolute Gasteiger partial charge is 0.223 e. The van der Waals surface area contributed by atoms with Gasteiger partial charge in [0.15, 0.2) is 0 Å². The first-order valence-electron chi connectivity index (χ1n) is 9.90. The zero-order chi connectivity index (χ0) is 20.1. The van der Waals surface area contributed by atoms with Gasteiger partial charge in [-0.15, -0.1) is 0 Å². The fourth-order valence-corrected chi connectivity index (χ4v) is 3.68. The minimum absolute atomic E-state index is 0.180. The SMILES string of the molecule is COc1ccc(N2CCN(C(=O)CCc3conc3-c3ccccc3)CC2)cc1. The first-order valence-corrected chi connectivity index (χ1v) is 9.90. The van der Waals surface area contributed by atoms with E-state index in [1.54, 1.807) is 13.4 Å². The second-order valence-corrected chi connectivity index (χ2v) is 7.12. The van der Waals surface area contributed by atoms with Crippen LogP contribution >= 0.6 is 0 Å². The van der Waals surface area contributed by atoms with E-state index in [-0.39, 0.29) is 5.91 Å². The predicted molar refractivity (Wildman–Crippen MR) is 112 cm³/mol. The van der Waals surface area contributed by atoms with Crippen LogP contribution in [0.1, 0.15) is 12.0 Å². The average Bonchev–Trinajstić information content (AvgIpc) is 3.27. The molecule has 2 aromatic carbocycles. The van der Waals surface area contributed by atoms with Gasteiger partial charge < -0.3 is 19.1 Å². The first kappa shape index (κ1) is 19.1. The molecule has 0 N–H and O–H groups in total. The molecule has 6 heteroatoms. The predicted octanol–water partition coefficient (Wildman–Crippen LogP) is 3.63. The lowest BCUT2D eigenvalue weighted by Gasteiger charge is -2.36. The number of ether oxygens (including phenoxy) is 1. The van der Waals surface area contributed by atoms with E-state index in [2.05, 4.69) is 22.2 Å². The third-order valence-electron chi connectivity index (χ3n) is 5.37. The van der Waals surface area contributed by atoms with E-state index in [9.17, 15) is 4.79 Å². The summed E-state index contributed by atoms with van der Waals surface area (Å²) in [4.78, 5) is 17.0. The van der Waals surface area contributed by atoms with Crippen LogP contribution in [0.15, 0.2) is 65.4 Å². The van der Waals surface area contributed by atoms with Crippen LogP contribution in [0, 0.1) is 0 Å². The highest BCUT2D eigenvalue weighted by molar-refractivity contribution is 5.77. The van der Waals surface area contributed by atoms with E-state index in [1.807, 2.05) is 47.4 Å². The minimum atomic E-state index is 0.180.